The first-order valence-corrected chi connectivity index (χ1v) is 10.1. The van der Waals surface area contributed by atoms with Gasteiger partial charge in [-0.15, -0.1) is 0 Å². The zero-order valence-electron chi connectivity index (χ0n) is 17.1. The van der Waals surface area contributed by atoms with E-state index in [1.54, 1.807) is 24.5 Å². The largest absolute Gasteiger partial charge is 0.350 e. The summed E-state index contributed by atoms with van der Waals surface area (Å²) in [5.41, 5.74) is 2.06. The van der Waals surface area contributed by atoms with Crippen molar-refractivity contribution in [1.29, 1.82) is 5.26 Å². The van der Waals surface area contributed by atoms with E-state index >= 15 is 0 Å². The second-order valence-corrected chi connectivity index (χ2v) is 7.63. The SMILES string of the molecule is Cn1cc(-c2n[nH]c(=O)n2-c2cn(CCCC#N)c3ccc(F)cc23)c2cc(F)ccc21. The maximum absolute atomic E-state index is 14.1. The number of hydrogen-bond donors (Lipinski definition) is 1. The Kier molecular flexibility index (Phi) is 4.63. The van der Waals surface area contributed by atoms with Crippen LogP contribution in [0.4, 0.5) is 8.78 Å². The van der Waals surface area contributed by atoms with Gasteiger partial charge in [-0.3, -0.25) is 0 Å². The van der Waals surface area contributed by atoms with E-state index in [1.807, 2.05) is 16.2 Å². The molecule has 0 unspecified atom stereocenters. The lowest BCUT2D eigenvalue weighted by Gasteiger charge is -2.04. The van der Waals surface area contributed by atoms with Crippen LogP contribution in [0.3, 0.4) is 0 Å². The van der Waals surface area contributed by atoms with Crippen molar-refractivity contribution in [2.24, 2.45) is 7.05 Å². The van der Waals surface area contributed by atoms with Crippen LogP contribution in [-0.2, 0) is 13.6 Å². The molecule has 3 aromatic heterocycles. The van der Waals surface area contributed by atoms with Crippen molar-refractivity contribution >= 4 is 21.8 Å². The normalized spacial score (nSPS) is 11.4. The van der Waals surface area contributed by atoms with Gasteiger partial charge in [0.2, 0.25) is 0 Å². The van der Waals surface area contributed by atoms with E-state index in [2.05, 4.69) is 16.3 Å². The predicted molar refractivity (Wildman–Crippen MR) is 116 cm³/mol. The van der Waals surface area contributed by atoms with Crippen LogP contribution < -0.4 is 5.69 Å². The number of aryl methyl sites for hydroxylation is 2. The Balaban J connectivity index is 1.76. The van der Waals surface area contributed by atoms with Crippen molar-refractivity contribution in [3.8, 4) is 23.1 Å². The maximum Gasteiger partial charge on any atom is 0.348 e. The van der Waals surface area contributed by atoms with E-state index < -0.39 is 17.3 Å². The standard InChI is InChI=1S/C23H18F2N6O/c1-29-12-18(16-10-14(24)4-6-19(16)29)22-27-28-23(32)31(22)21-13-30(9-3-2-8-26)20-7-5-15(25)11-17(20)21/h4-7,10-13H,2-3,9H2,1H3,(H,28,32). The number of fused-ring (bicyclic) bond motifs is 2. The second kappa shape index (κ2) is 7.50. The number of aromatic amines is 1. The van der Waals surface area contributed by atoms with Crippen LogP contribution in [0.5, 0.6) is 0 Å². The number of nitrogens with one attached hydrogen (secondary N) is 1. The monoisotopic (exact) mass is 432 g/mol. The Morgan fingerprint density at radius 3 is 2.53 bits per heavy atom. The molecule has 0 bridgehead atoms. The third-order valence-corrected chi connectivity index (χ3v) is 5.62. The number of nitrogens with zero attached hydrogens (tertiary/aromatic N) is 5. The number of H-pyrrole nitrogens is 1. The molecule has 0 saturated carbocycles. The number of unbranched alkanes of at least 4 members (excludes halogenated alkanes) is 1. The number of rotatable bonds is 5. The van der Waals surface area contributed by atoms with E-state index in [-0.39, 0.29) is 0 Å². The van der Waals surface area contributed by atoms with Gasteiger partial charge in [0, 0.05) is 54.3 Å². The van der Waals surface area contributed by atoms with Crippen LogP contribution in [0.15, 0.2) is 53.6 Å². The van der Waals surface area contributed by atoms with Gasteiger partial charge in [0.25, 0.3) is 0 Å². The molecule has 0 saturated heterocycles. The van der Waals surface area contributed by atoms with Gasteiger partial charge in [-0.25, -0.2) is 23.2 Å². The minimum absolute atomic E-state index is 0.298. The Bertz CT molecular complexity index is 1580. The smallest absolute Gasteiger partial charge is 0.348 e. The molecule has 7 nitrogen and oxygen atoms in total. The highest BCUT2D eigenvalue weighted by molar-refractivity contribution is 5.96. The number of aromatic nitrogens is 5. The molecule has 160 valence electrons. The minimum Gasteiger partial charge on any atom is -0.350 e. The first-order chi connectivity index (χ1) is 15.5. The van der Waals surface area contributed by atoms with Crippen LogP contribution in [0.2, 0.25) is 0 Å². The summed E-state index contributed by atoms with van der Waals surface area (Å²) >= 11 is 0. The van der Waals surface area contributed by atoms with Gasteiger partial charge < -0.3 is 9.13 Å². The van der Waals surface area contributed by atoms with Crippen molar-refractivity contribution in [1.82, 2.24) is 23.9 Å². The first kappa shape index (κ1) is 19.8. The van der Waals surface area contributed by atoms with Crippen LogP contribution in [0.25, 0.3) is 38.9 Å². The highest BCUT2D eigenvalue weighted by atomic mass is 19.1. The van der Waals surface area contributed by atoms with Crippen molar-refractivity contribution in [2.75, 3.05) is 0 Å². The van der Waals surface area contributed by atoms with E-state index in [1.165, 1.54) is 28.8 Å². The molecule has 0 aliphatic carbocycles. The molecule has 32 heavy (non-hydrogen) atoms. The number of hydrogen-bond acceptors (Lipinski definition) is 3. The maximum atomic E-state index is 14.1. The van der Waals surface area contributed by atoms with Gasteiger partial charge in [0.1, 0.15) is 11.6 Å². The van der Waals surface area contributed by atoms with Crippen molar-refractivity contribution in [2.45, 2.75) is 19.4 Å². The topological polar surface area (TPSA) is 84.3 Å². The Morgan fingerprint density at radius 1 is 1.06 bits per heavy atom. The molecule has 3 heterocycles. The summed E-state index contributed by atoms with van der Waals surface area (Å²) in [5.74, 6) is -0.532. The van der Waals surface area contributed by atoms with Crippen LogP contribution in [-0.4, -0.2) is 23.9 Å². The van der Waals surface area contributed by atoms with Gasteiger partial charge >= 0.3 is 5.69 Å². The molecular weight excluding hydrogens is 414 g/mol. The Labute approximate surface area is 180 Å². The summed E-state index contributed by atoms with van der Waals surface area (Å²) < 4.78 is 33.3. The fourth-order valence-electron chi connectivity index (χ4n) is 4.19. The van der Waals surface area contributed by atoms with E-state index in [0.717, 1.165) is 11.0 Å². The molecule has 0 atom stereocenters. The second-order valence-electron chi connectivity index (χ2n) is 7.63. The van der Waals surface area contributed by atoms with Crippen LogP contribution in [0.1, 0.15) is 12.8 Å². The summed E-state index contributed by atoms with van der Waals surface area (Å²) in [7, 11) is 1.83. The highest BCUT2D eigenvalue weighted by Gasteiger charge is 2.21. The fraction of sp³-hybridized carbons (Fsp3) is 0.174. The quantitative estimate of drug-likeness (QED) is 0.421. The van der Waals surface area contributed by atoms with Gasteiger partial charge in [-0.1, -0.05) is 0 Å². The summed E-state index contributed by atoms with van der Waals surface area (Å²) in [5, 5.41) is 16.7. The van der Waals surface area contributed by atoms with Gasteiger partial charge in [-0.2, -0.15) is 10.4 Å². The number of halogens is 2. The predicted octanol–water partition coefficient (Wildman–Crippen LogP) is 4.26. The van der Waals surface area contributed by atoms with Crippen LogP contribution >= 0.6 is 0 Å². The fourth-order valence-corrected chi connectivity index (χ4v) is 4.19. The number of benzene rings is 2. The molecule has 0 aliphatic rings. The zero-order valence-corrected chi connectivity index (χ0v) is 17.1. The number of nitriles is 1. The summed E-state index contributed by atoms with van der Waals surface area (Å²) in [4.78, 5) is 12.8. The zero-order chi connectivity index (χ0) is 22.4. The third kappa shape index (κ3) is 3.08. The lowest BCUT2D eigenvalue weighted by Crippen LogP contribution is -2.15. The van der Waals surface area contributed by atoms with Gasteiger partial charge in [0.05, 0.1) is 17.3 Å². The van der Waals surface area contributed by atoms with Crippen molar-refractivity contribution in [3.05, 3.63) is 70.9 Å². The molecular formula is C23H18F2N6O. The molecule has 5 rings (SSSR count). The van der Waals surface area contributed by atoms with E-state index in [9.17, 15) is 13.6 Å². The lowest BCUT2D eigenvalue weighted by atomic mass is 10.1. The molecule has 9 heteroatoms. The molecule has 2 aromatic carbocycles. The minimum atomic E-state index is -0.492. The summed E-state index contributed by atoms with van der Waals surface area (Å²) in [6, 6.07) is 10.9. The molecule has 0 aliphatic heterocycles. The first-order valence-electron chi connectivity index (χ1n) is 10.1. The van der Waals surface area contributed by atoms with E-state index in [4.69, 9.17) is 5.26 Å². The van der Waals surface area contributed by atoms with E-state index in [0.29, 0.717) is 47.2 Å². The lowest BCUT2D eigenvalue weighted by molar-refractivity contribution is 0.628. The molecule has 0 spiro atoms. The van der Waals surface area contributed by atoms with Gasteiger partial charge in [-0.05, 0) is 42.8 Å². The molecule has 5 aromatic rings. The van der Waals surface area contributed by atoms with Crippen LogP contribution in [0, 0.1) is 23.0 Å². The molecule has 0 fully saturated rings. The molecule has 0 amide bonds. The summed E-state index contributed by atoms with van der Waals surface area (Å²) in [6.07, 6.45) is 4.54. The Hall–Kier alpha value is -4.19. The van der Waals surface area contributed by atoms with Crippen molar-refractivity contribution in [3.63, 3.8) is 0 Å². The highest BCUT2D eigenvalue weighted by Crippen LogP contribution is 2.32. The molecule has 1 N–H and O–H groups in total. The van der Waals surface area contributed by atoms with Crippen molar-refractivity contribution < 1.29 is 8.78 Å². The molecule has 0 radical (unpaired) electrons. The summed E-state index contributed by atoms with van der Waals surface area (Å²) in [6.45, 7) is 0.539. The average molecular weight is 432 g/mol. The Morgan fingerprint density at radius 2 is 1.78 bits per heavy atom. The average Bonchev–Trinajstić information content (AvgIpc) is 3.41. The third-order valence-electron chi connectivity index (χ3n) is 5.62. The van der Waals surface area contributed by atoms with Gasteiger partial charge in [0.15, 0.2) is 5.82 Å².